The first kappa shape index (κ1) is 24.8. The molecule has 4 rings (SSSR count). The van der Waals surface area contributed by atoms with Gasteiger partial charge < -0.3 is 15.1 Å². The number of benzene rings is 3. The van der Waals surface area contributed by atoms with E-state index in [4.69, 9.17) is 4.98 Å². The molecule has 0 saturated carbocycles. The highest BCUT2D eigenvalue weighted by Gasteiger charge is 2.12. The van der Waals surface area contributed by atoms with Crippen LogP contribution in [-0.4, -0.2) is 49.0 Å². The highest BCUT2D eigenvalue weighted by molar-refractivity contribution is 7.22. The van der Waals surface area contributed by atoms with E-state index in [9.17, 15) is 9.18 Å². The van der Waals surface area contributed by atoms with E-state index < -0.39 is 0 Å². The molecule has 0 aliphatic rings. The quantitative estimate of drug-likeness (QED) is 0.275. The molecule has 0 radical (unpaired) electrons. The van der Waals surface area contributed by atoms with Crippen LogP contribution in [-0.2, 0) is 0 Å². The van der Waals surface area contributed by atoms with Crippen molar-refractivity contribution in [2.75, 3.05) is 43.4 Å². The molecule has 1 N–H and O–H groups in total. The molecule has 35 heavy (non-hydrogen) atoms. The Morgan fingerprint density at radius 1 is 0.943 bits per heavy atom. The van der Waals surface area contributed by atoms with Crippen molar-refractivity contribution in [3.63, 3.8) is 0 Å². The Hall–Kier alpha value is -3.29. The predicted molar refractivity (Wildman–Crippen MR) is 145 cm³/mol. The maximum absolute atomic E-state index is 13.2. The Kier molecular flexibility index (Phi) is 8.10. The van der Waals surface area contributed by atoms with Crippen molar-refractivity contribution in [2.45, 2.75) is 20.3 Å². The van der Waals surface area contributed by atoms with Gasteiger partial charge in [0.1, 0.15) is 5.82 Å². The number of anilines is 2. The Morgan fingerprint density at radius 3 is 2.26 bits per heavy atom. The van der Waals surface area contributed by atoms with E-state index in [1.165, 1.54) is 12.1 Å². The van der Waals surface area contributed by atoms with Crippen LogP contribution in [0.1, 0.15) is 30.6 Å². The summed E-state index contributed by atoms with van der Waals surface area (Å²) >= 11 is 1.64. The number of fused-ring (bicyclic) bond motifs is 1. The standard InChI is InChI=1S/C28H31FN4OS/c1-4-33(5-2)18-6-17-32(3)28-31-25-16-15-24(19-26(25)35-28)30-27(34)22-9-7-20(8-10-22)21-11-13-23(29)14-12-21/h7-16,19H,4-6,17-18H2,1-3H3,(H,30,34). The van der Waals surface area contributed by atoms with E-state index >= 15 is 0 Å². The molecule has 0 aliphatic heterocycles. The van der Waals surface area contributed by atoms with Crippen LogP contribution in [0, 0.1) is 5.82 Å². The van der Waals surface area contributed by atoms with Gasteiger partial charge >= 0.3 is 0 Å². The van der Waals surface area contributed by atoms with Gasteiger partial charge in [-0.2, -0.15) is 0 Å². The summed E-state index contributed by atoms with van der Waals surface area (Å²) in [6.45, 7) is 8.58. The first-order chi connectivity index (χ1) is 17.0. The second-order valence-corrected chi connectivity index (χ2v) is 9.53. The van der Waals surface area contributed by atoms with Gasteiger partial charge in [0.2, 0.25) is 0 Å². The number of carbonyl (C=O) groups is 1. The van der Waals surface area contributed by atoms with Gasteiger partial charge in [-0.1, -0.05) is 49.4 Å². The molecule has 0 fully saturated rings. The maximum atomic E-state index is 13.2. The lowest BCUT2D eigenvalue weighted by atomic mass is 10.0. The fourth-order valence-electron chi connectivity index (χ4n) is 3.98. The summed E-state index contributed by atoms with van der Waals surface area (Å²) in [4.78, 5) is 22.2. The van der Waals surface area contributed by atoms with Crippen LogP contribution in [0.4, 0.5) is 15.2 Å². The third kappa shape index (κ3) is 6.24. The molecule has 0 aliphatic carbocycles. The van der Waals surface area contributed by atoms with E-state index in [0.29, 0.717) is 5.56 Å². The van der Waals surface area contributed by atoms with E-state index in [0.717, 1.165) is 64.8 Å². The van der Waals surface area contributed by atoms with Crippen molar-refractivity contribution in [3.05, 3.63) is 78.1 Å². The highest BCUT2D eigenvalue weighted by atomic mass is 32.1. The van der Waals surface area contributed by atoms with Crippen LogP contribution in [0.3, 0.4) is 0 Å². The summed E-state index contributed by atoms with van der Waals surface area (Å²) in [6.07, 6.45) is 1.09. The molecule has 0 bridgehead atoms. The van der Waals surface area contributed by atoms with Gasteiger partial charge in [0, 0.05) is 24.8 Å². The summed E-state index contributed by atoms with van der Waals surface area (Å²) in [5, 5.41) is 3.97. The Labute approximate surface area is 210 Å². The van der Waals surface area contributed by atoms with Gasteiger partial charge in [0.15, 0.2) is 5.13 Å². The number of nitrogens with one attached hydrogen (secondary N) is 1. The van der Waals surface area contributed by atoms with Crippen molar-refractivity contribution < 1.29 is 9.18 Å². The van der Waals surface area contributed by atoms with Crippen molar-refractivity contribution in [1.82, 2.24) is 9.88 Å². The number of thiazole rings is 1. The minimum atomic E-state index is -0.267. The topological polar surface area (TPSA) is 48.5 Å². The van der Waals surface area contributed by atoms with E-state index in [2.05, 4.69) is 36.0 Å². The zero-order valence-electron chi connectivity index (χ0n) is 20.4. The molecule has 0 atom stereocenters. The van der Waals surface area contributed by atoms with E-state index in [1.807, 2.05) is 30.3 Å². The summed E-state index contributed by atoms with van der Waals surface area (Å²) in [7, 11) is 2.08. The lowest BCUT2D eigenvalue weighted by molar-refractivity contribution is 0.102. The second-order valence-electron chi connectivity index (χ2n) is 8.52. The van der Waals surface area contributed by atoms with Crippen LogP contribution < -0.4 is 10.2 Å². The fraction of sp³-hybridized carbons (Fsp3) is 0.286. The molecule has 1 aromatic heterocycles. The van der Waals surface area contributed by atoms with Crippen molar-refractivity contribution >= 4 is 38.3 Å². The summed E-state index contributed by atoms with van der Waals surface area (Å²) in [5.74, 6) is -0.440. The van der Waals surface area contributed by atoms with Crippen LogP contribution >= 0.6 is 11.3 Å². The predicted octanol–water partition coefficient (Wildman–Crippen LogP) is 6.52. The Balaban J connectivity index is 1.39. The van der Waals surface area contributed by atoms with Crippen molar-refractivity contribution in [2.24, 2.45) is 0 Å². The number of hydrogen-bond donors (Lipinski definition) is 1. The monoisotopic (exact) mass is 490 g/mol. The van der Waals surface area contributed by atoms with Gasteiger partial charge in [0.05, 0.1) is 10.2 Å². The van der Waals surface area contributed by atoms with E-state index in [1.54, 1.807) is 35.6 Å². The first-order valence-electron chi connectivity index (χ1n) is 12.0. The zero-order valence-corrected chi connectivity index (χ0v) is 21.2. The van der Waals surface area contributed by atoms with Gasteiger partial charge in [-0.25, -0.2) is 9.37 Å². The minimum absolute atomic E-state index is 0.173. The zero-order chi connectivity index (χ0) is 24.8. The van der Waals surface area contributed by atoms with E-state index in [-0.39, 0.29) is 11.7 Å². The molecule has 4 aromatic rings. The molecule has 0 saturated heterocycles. The third-order valence-corrected chi connectivity index (χ3v) is 7.28. The average molecular weight is 491 g/mol. The maximum Gasteiger partial charge on any atom is 0.255 e. The van der Waals surface area contributed by atoms with Crippen LogP contribution in [0.5, 0.6) is 0 Å². The molecule has 0 spiro atoms. The highest BCUT2D eigenvalue weighted by Crippen LogP contribution is 2.30. The molecular formula is C28H31FN4OS. The minimum Gasteiger partial charge on any atom is -0.351 e. The van der Waals surface area contributed by atoms with Crippen LogP contribution in [0.25, 0.3) is 21.3 Å². The van der Waals surface area contributed by atoms with Gasteiger partial charge in [-0.15, -0.1) is 0 Å². The first-order valence-corrected chi connectivity index (χ1v) is 12.8. The lowest BCUT2D eigenvalue weighted by Crippen LogP contribution is -2.28. The van der Waals surface area contributed by atoms with Crippen molar-refractivity contribution in [3.8, 4) is 11.1 Å². The lowest BCUT2D eigenvalue weighted by Gasteiger charge is -2.20. The van der Waals surface area contributed by atoms with Gasteiger partial charge in [-0.3, -0.25) is 4.79 Å². The largest absolute Gasteiger partial charge is 0.351 e. The average Bonchev–Trinajstić information content (AvgIpc) is 3.31. The molecule has 0 unspecified atom stereocenters. The number of amides is 1. The SMILES string of the molecule is CCN(CC)CCCN(C)c1nc2ccc(NC(=O)c3ccc(-c4ccc(F)cc4)cc3)cc2s1. The number of halogens is 1. The number of nitrogens with zero attached hydrogens (tertiary/aromatic N) is 3. The molecule has 1 heterocycles. The summed E-state index contributed by atoms with van der Waals surface area (Å²) in [6, 6.07) is 19.4. The molecule has 5 nitrogen and oxygen atoms in total. The number of carbonyl (C=O) groups excluding carboxylic acids is 1. The molecule has 182 valence electrons. The summed E-state index contributed by atoms with van der Waals surface area (Å²) < 4.78 is 14.2. The molecule has 1 amide bonds. The number of aromatic nitrogens is 1. The van der Waals surface area contributed by atoms with Crippen LogP contribution in [0.2, 0.25) is 0 Å². The normalized spacial score (nSPS) is 11.2. The fourth-order valence-corrected chi connectivity index (χ4v) is 4.97. The summed E-state index contributed by atoms with van der Waals surface area (Å²) in [5.41, 5.74) is 4.07. The van der Waals surface area contributed by atoms with Gasteiger partial charge in [-0.05, 0) is 79.6 Å². The Morgan fingerprint density at radius 2 is 1.60 bits per heavy atom. The molecular weight excluding hydrogens is 459 g/mol. The number of rotatable bonds is 10. The molecule has 3 aromatic carbocycles. The van der Waals surface area contributed by atoms with Gasteiger partial charge in [0.25, 0.3) is 5.91 Å². The van der Waals surface area contributed by atoms with Crippen molar-refractivity contribution in [1.29, 1.82) is 0 Å². The smallest absolute Gasteiger partial charge is 0.255 e. The Bertz CT molecular complexity index is 1270. The van der Waals surface area contributed by atoms with Crippen LogP contribution in [0.15, 0.2) is 66.7 Å². The molecule has 7 heteroatoms. The second kappa shape index (κ2) is 11.4. The third-order valence-electron chi connectivity index (χ3n) is 6.15. The number of hydrogen-bond acceptors (Lipinski definition) is 5.